The number of aromatic nitrogens is 5. The molecule has 0 aliphatic heterocycles. The first-order valence-corrected chi connectivity index (χ1v) is 8.96. The maximum Gasteiger partial charge on any atom is 0.199 e. The van der Waals surface area contributed by atoms with Crippen molar-refractivity contribution in [1.29, 1.82) is 0 Å². The van der Waals surface area contributed by atoms with E-state index in [9.17, 15) is 0 Å². The molecule has 0 saturated heterocycles. The van der Waals surface area contributed by atoms with Crippen LogP contribution in [-0.4, -0.2) is 31.4 Å². The van der Waals surface area contributed by atoms with E-state index in [0.717, 1.165) is 33.7 Å². The maximum absolute atomic E-state index is 6.24. The first kappa shape index (κ1) is 17.3. The molecule has 9 heteroatoms. The molecule has 0 aliphatic carbocycles. The van der Waals surface area contributed by atoms with Crippen molar-refractivity contribution in [2.24, 2.45) is 0 Å². The Morgan fingerprint density at radius 3 is 2.81 bits per heavy atom. The number of benzene rings is 1. The highest BCUT2D eigenvalue weighted by molar-refractivity contribution is 6.31. The Kier molecular flexibility index (Phi) is 4.64. The second kappa shape index (κ2) is 7.24. The van der Waals surface area contributed by atoms with Crippen molar-refractivity contribution >= 4 is 34.1 Å². The van der Waals surface area contributed by atoms with Crippen LogP contribution in [0.1, 0.15) is 12.5 Å². The lowest BCUT2D eigenvalue weighted by Crippen LogP contribution is -2.08. The molecule has 138 valence electrons. The normalized spacial score (nSPS) is 11.2. The summed E-state index contributed by atoms with van der Waals surface area (Å²) in [5.41, 5.74) is 9.94. The molecular formula is C18H18ClN7O. The van der Waals surface area contributed by atoms with Crippen LogP contribution in [0.25, 0.3) is 22.6 Å². The summed E-state index contributed by atoms with van der Waals surface area (Å²) in [6.07, 6.45) is 4.30. The molecule has 0 radical (unpaired) electrons. The lowest BCUT2D eigenvalue weighted by atomic mass is 10.1. The number of anilines is 2. The van der Waals surface area contributed by atoms with E-state index in [0.29, 0.717) is 24.6 Å². The van der Waals surface area contributed by atoms with Crippen LogP contribution in [0.4, 0.5) is 11.5 Å². The quantitative estimate of drug-likeness (QED) is 0.525. The maximum atomic E-state index is 6.24. The fourth-order valence-electron chi connectivity index (χ4n) is 3.09. The number of halogens is 1. The van der Waals surface area contributed by atoms with E-state index in [-0.39, 0.29) is 5.82 Å². The van der Waals surface area contributed by atoms with Gasteiger partial charge in [0.2, 0.25) is 0 Å². The number of imidazole rings is 1. The standard InChI is InChI=1S/C18H18ClN7O/c1-2-26-16-13(22-8-7-11-5-3-4-6-12(11)19)9-21-10-14(16)23-18(26)15-17(20)25-27-24-15/h3-6,9-10,22H,2,7-8H2,1H3,(H2,20,25). The molecule has 3 N–H and O–H groups in total. The Balaban J connectivity index is 1.66. The van der Waals surface area contributed by atoms with Gasteiger partial charge in [0, 0.05) is 18.1 Å². The average molecular weight is 384 g/mol. The number of nitrogens with two attached hydrogens (primary N) is 1. The fraction of sp³-hybridized carbons (Fsp3) is 0.222. The molecule has 3 heterocycles. The zero-order chi connectivity index (χ0) is 18.8. The van der Waals surface area contributed by atoms with E-state index >= 15 is 0 Å². The smallest absolute Gasteiger partial charge is 0.199 e. The van der Waals surface area contributed by atoms with Crippen LogP contribution in [-0.2, 0) is 13.0 Å². The van der Waals surface area contributed by atoms with Gasteiger partial charge in [0.1, 0.15) is 5.52 Å². The van der Waals surface area contributed by atoms with Gasteiger partial charge in [0.05, 0.1) is 23.6 Å². The predicted molar refractivity (Wildman–Crippen MR) is 105 cm³/mol. The zero-order valence-electron chi connectivity index (χ0n) is 14.7. The molecule has 1 aromatic carbocycles. The minimum Gasteiger partial charge on any atom is -0.382 e. The van der Waals surface area contributed by atoms with Gasteiger partial charge in [-0.15, -0.1) is 0 Å². The Labute approximate surface area is 160 Å². The molecular weight excluding hydrogens is 366 g/mol. The number of nitrogen functional groups attached to an aromatic ring is 1. The van der Waals surface area contributed by atoms with Gasteiger partial charge in [0.15, 0.2) is 17.3 Å². The van der Waals surface area contributed by atoms with Crippen LogP contribution in [0.2, 0.25) is 5.02 Å². The Bertz CT molecular complexity index is 1090. The molecule has 0 saturated carbocycles. The minimum atomic E-state index is 0.209. The van der Waals surface area contributed by atoms with E-state index in [4.69, 9.17) is 22.0 Å². The van der Waals surface area contributed by atoms with Crippen molar-refractivity contribution < 1.29 is 4.63 Å². The number of rotatable bonds is 6. The van der Waals surface area contributed by atoms with Crippen molar-refractivity contribution in [3.63, 3.8) is 0 Å². The van der Waals surface area contributed by atoms with Gasteiger partial charge in [0.25, 0.3) is 0 Å². The first-order chi connectivity index (χ1) is 13.2. The summed E-state index contributed by atoms with van der Waals surface area (Å²) in [5.74, 6) is 0.814. The van der Waals surface area contributed by atoms with Gasteiger partial charge in [-0.1, -0.05) is 29.8 Å². The second-order valence-corrected chi connectivity index (χ2v) is 6.41. The first-order valence-electron chi connectivity index (χ1n) is 8.59. The van der Waals surface area contributed by atoms with Crippen LogP contribution >= 0.6 is 11.6 Å². The number of nitrogens with zero attached hydrogens (tertiary/aromatic N) is 5. The van der Waals surface area contributed by atoms with E-state index in [1.165, 1.54) is 0 Å². The van der Waals surface area contributed by atoms with E-state index in [2.05, 4.69) is 25.6 Å². The average Bonchev–Trinajstić information content (AvgIpc) is 3.26. The number of nitrogens with one attached hydrogen (secondary N) is 1. The molecule has 4 rings (SSSR count). The van der Waals surface area contributed by atoms with Crippen LogP contribution in [0, 0.1) is 0 Å². The highest BCUT2D eigenvalue weighted by atomic mass is 35.5. The monoisotopic (exact) mass is 383 g/mol. The van der Waals surface area contributed by atoms with Crippen LogP contribution in [0.3, 0.4) is 0 Å². The van der Waals surface area contributed by atoms with Crippen molar-refractivity contribution in [2.45, 2.75) is 19.9 Å². The van der Waals surface area contributed by atoms with Gasteiger partial charge in [-0.05, 0) is 35.3 Å². The summed E-state index contributed by atoms with van der Waals surface area (Å²) in [5, 5.41) is 11.7. The van der Waals surface area contributed by atoms with Crippen molar-refractivity contribution in [3.05, 3.63) is 47.2 Å². The Morgan fingerprint density at radius 2 is 2.07 bits per heavy atom. The molecule has 0 fully saturated rings. The molecule has 3 aromatic heterocycles. The molecule has 0 amide bonds. The lowest BCUT2D eigenvalue weighted by Gasteiger charge is -2.11. The summed E-state index contributed by atoms with van der Waals surface area (Å²) in [7, 11) is 0. The zero-order valence-corrected chi connectivity index (χ0v) is 15.4. The molecule has 27 heavy (non-hydrogen) atoms. The number of pyridine rings is 1. The Morgan fingerprint density at radius 1 is 1.22 bits per heavy atom. The molecule has 0 aliphatic rings. The summed E-state index contributed by atoms with van der Waals surface area (Å²) in [6.45, 7) is 3.42. The summed E-state index contributed by atoms with van der Waals surface area (Å²) >= 11 is 6.24. The number of hydrogen-bond donors (Lipinski definition) is 2. The van der Waals surface area contributed by atoms with Crippen LogP contribution in [0.5, 0.6) is 0 Å². The topological polar surface area (TPSA) is 108 Å². The summed E-state index contributed by atoms with van der Waals surface area (Å²) in [6, 6.07) is 7.83. The molecule has 0 bridgehead atoms. The highest BCUT2D eigenvalue weighted by Gasteiger charge is 2.20. The lowest BCUT2D eigenvalue weighted by molar-refractivity contribution is 0.310. The van der Waals surface area contributed by atoms with Gasteiger partial charge >= 0.3 is 0 Å². The molecule has 0 spiro atoms. The third kappa shape index (κ3) is 3.19. The van der Waals surface area contributed by atoms with E-state index < -0.39 is 0 Å². The van der Waals surface area contributed by atoms with Gasteiger partial charge in [-0.25, -0.2) is 9.61 Å². The van der Waals surface area contributed by atoms with Crippen molar-refractivity contribution in [3.8, 4) is 11.5 Å². The highest BCUT2D eigenvalue weighted by Crippen LogP contribution is 2.30. The second-order valence-electron chi connectivity index (χ2n) is 6.00. The number of fused-ring (bicyclic) bond motifs is 1. The predicted octanol–water partition coefficient (Wildman–Crippen LogP) is 3.39. The third-order valence-corrected chi connectivity index (χ3v) is 4.73. The van der Waals surface area contributed by atoms with Gasteiger partial charge in [-0.3, -0.25) is 4.98 Å². The number of aryl methyl sites for hydroxylation is 1. The number of hydrogen-bond acceptors (Lipinski definition) is 7. The van der Waals surface area contributed by atoms with Crippen LogP contribution in [0.15, 0.2) is 41.3 Å². The van der Waals surface area contributed by atoms with Gasteiger partial charge in [-0.2, -0.15) is 0 Å². The largest absolute Gasteiger partial charge is 0.382 e. The SMILES string of the molecule is CCn1c(-c2nonc2N)nc2cncc(NCCc3ccccc3Cl)c21. The molecule has 0 atom stereocenters. The Hall–Kier alpha value is -3.13. The van der Waals surface area contributed by atoms with E-state index in [1.54, 1.807) is 12.4 Å². The molecule has 0 unspecified atom stereocenters. The van der Waals surface area contributed by atoms with Crippen LogP contribution < -0.4 is 11.1 Å². The van der Waals surface area contributed by atoms with Crippen molar-refractivity contribution in [1.82, 2.24) is 24.8 Å². The summed E-state index contributed by atoms with van der Waals surface area (Å²) < 4.78 is 6.75. The molecule has 4 aromatic rings. The summed E-state index contributed by atoms with van der Waals surface area (Å²) in [4.78, 5) is 8.92. The van der Waals surface area contributed by atoms with Gasteiger partial charge < -0.3 is 15.6 Å². The molecule has 8 nitrogen and oxygen atoms in total. The van der Waals surface area contributed by atoms with E-state index in [1.807, 2.05) is 35.8 Å². The van der Waals surface area contributed by atoms with Crippen molar-refractivity contribution in [2.75, 3.05) is 17.6 Å². The fourth-order valence-corrected chi connectivity index (χ4v) is 3.32. The third-order valence-electron chi connectivity index (χ3n) is 4.36. The minimum absolute atomic E-state index is 0.209.